The van der Waals surface area contributed by atoms with Crippen LogP contribution >= 0.6 is 27.7 Å². The highest BCUT2D eigenvalue weighted by atomic mass is 79.9. The van der Waals surface area contributed by atoms with Crippen LogP contribution in [-0.2, 0) is 16.2 Å². The molecule has 0 aromatic heterocycles. The minimum absolute atomic E-state index is 0.00526. The number of nitrogens with one attached hydrogen (secondary N) is 1. The number of benzene rings is 3. The van der Waals surface area contributed by atoms with E-state index in [0.29, 0.717) is 21.5 Å². The summed E-state index contributed by atoms with van der Waals surface area (Å²) in [5.74, 6) is -0.462. The number of carbonyl (C=O) groups is 3. The number of nitro benzene ring substituents is 1. The van der Waals surface area contributed by atoms with E-state index in [0.717, 1.165) is 33.4 Å². The van der Waals surface area contributed by atoms with Gasteiger partial charge in [0.25, 0.3) is 16.8 Å². The van der Waals surface area contributed by atoms with Gasteiger partial charge in [-0.3, -0.25) is 29.4 Å². The second kappa shape index (κ2) is 11.6. The van der Waals surface area contributed by atoms with E-state index in [1.54, 1.807) is 42.5 Å². The molecular formula is C27H22BrN3O6S. The number of aryl methyl sites for hydroxylation is 2. The number of nitro groups is 1. The Bertz CT molecular complexity index is 1470. The van der Waals surface area contributed by atoms with Gasteiger partial charge in [-0.25, -0.2) is 0 Å². The number of imide groups is 1. The van der Waals surface area contributed by atoms with Crippen molar-refractivity contribution in [3.63, 3.8) is 0 Å². The number of non-ortho nitro benzene ring substituents is 1. The first kappa shape index (κ1) is 27.1. The van der Waals surface area contributed by atoms with Gasteiger partial charge < -0.3 is 10.1 Å². The molecule has 0 saturated carbocycles. The SMILES string of the molecule is Cc1ccc(NC(=O)CN2C(=O)S/C(=C/c3ccc(OCc4ccc([N+](=O)[O-])cc4)c(Br)c3)C2=O)cc1C. The molecule has 0 unspecified atom stereocenters. The first-order valence-electron chi connectivity index (χ1n) is 11.4. The standard InChI is InChI=1S/C27H22BrN3O6S/c1-16-3-7-20(11-17(16)2)29-25(32)14-30-26(33)24(38-27(30)34)13-19-6-10-23(22(28)12-19)37-15-18-4-8-21(9-5-18)31(35)36/h3-13H,14-15H2,1-2H3,(H,29,32)/b24-13+. The molecule has 1 fully saturated rings. The van der Waals surface area contributed by atoms with Gasteiger partial charge in [0, 0.05) is 17.8 Å². The fraction of sp³-hybridized carbons (Fsp3) is 0.148. The number of ether oxygens (including phenoxy) is 1. The highest BCUT2D eigenvalue weighted by Gasteiger charge is 2.36. The predicted molar refractivity (Wildman–Crippen MR) is 149 cm³/mol. The molecule has 3 aromatic rings. The summed E-state index contributed by atoms with van der Waals surface area (Å²) in [6.45, 7) is 3.73. The summed E-state index contributed by atoms with van der Waals surface area (Å²) in [5.41, 5.74) is 4.14. The van der Waals surface area contributed by atoms with Crippen molar-refractivity contribution in [3.8, 4) is 5.75 Å². The number of carbonyl (C=O) groups excluding carboxylic acids is 3. The largest absolute Gasteiger partial charge is 0.488 e. The fourth-order valence-electron chi connectivity index (χ4n) is 3.55. The molecule has 0 atom stereocenters. The minimum Gasteiger partial charge on any atom is -0.488 e. The second-order valence-electron chi connectivity index (χ2n) is 8.52. The number of nitrogens with zero attached hydrogens (tertiary/aromatic N) is 2. The first-order valence-corrected chi connectivity index (χ1v) is 13.0. The highest BCUT2D eigenvalue weighted by molar-refractivity contribution is 9.10. The summed E-state index contributed by atoms with van der Waals surface area (Å²) in [7, 11) is 0. The highest BCUT2D eigenvalue weighted by Crippen LogP contribution is 2.34. The zero-order valence-corrected chi connectivity index (χ0v) is 22.8. The third-order valence-corrected chi connectivity index (χ3v) is 7.29. The van der Waals surface area contributed by atoms with Crippen LogP contribution in [0.4, 0.5) is 16.2 Å². The van der Waals surface area contributed by atoms with Crippen LogP contribution in [0.25, 0.3) is 6.08 Å². The predicted octanol–water partition coefficient (Wildman–Crippen LogP) is 6.23. The summed E-state index contributed by atoms with van der Waals surface area (Å²) in [6.07, 6.45) is 1.58. The van der Waals surface area contributed by atoms with Crippen LogP contribution < -0.4 is 10.1 Å². The van der Waals surface area contributed by atoms with Crippen molar-refractivity contribution < 1.29 is 24.0 Å². The van der Waals surface area contributed by atoms with Gasteiger partial charge in [0.15, 0.2) is 0 Å². The Morgan fingerprint density at radius 1 is 1.08 bits per heavy atom. The molecule has 0 radical (unpaired) electrons. The van der Waals surface area contributed by atoms with Crippen molar-refractivity contribution in [3.05, 3.63) is 102 Å². The number of amides is 3. The van der Waals surface area contributed by atoms with Gasteiger partial charge in [-0.1, -0.05) is 12.1 Å². The third-order valence-electron chi connectivity index (χ3n) is 5.76. The van der Waals surface area contributed by atoms with Crippen LogP contribution in [0.2, 0.25) is 0 Å². The summed E-state index contributed by atoms with van der Waals surface area (Å²) >= 11 is 4.22. The maximum Gasteiger partial charge on any atom is 0.294 e. The molecule has 1 aliphatic rings. The van der Waals surface area contributed by atoms with Gasteiger partial charge in [-0.15, -0.1) is 0 Å². The van der Waals surface area contributed by atoms with Crippen molar-refractivity contribution in [2.24, 2.45) is 0 Å². The number of rotatable bonds is 8. The van der Waals surface area contributed by atoms with Crippen molar-refractivity contribution in [1.29, 1.82) is 0 Å². The molecule has 9 nitrogen and oxygen atoms in total. The fourth-order valence-corrected chi connectivity index (χ4v) is 4.90. The summed E-state index contributed by atoms with van der Waals surface area (Å²) in [4.78, 5) is 49.2. The molecule has 3 amide bonds. The van der Waals surface area contributed by atoms with E-state index in [2.05, 4.69) is 21.2 Å². The molecule has 3 aromatic carbocycles. The molecule has 1 aliphatic heterocycles. The molecule has 4 rings (SSSR count). The van der Waals surface area contributed by atoms with E-state index in [1.165, 1.54) is 12.1 Å². The molecule has 1 heterocycles. The van der Waals surface area contributed by atoms with E-state index in [1.807, 2.05) is 26.0 Å². The average molecular weight is 596 g/mol. The average Bonchev–Trinajstić information content (AvgIpc) is 3.13. The lowest BCUT2D eigenvalue weighted by Gasteiger charge is -2.13. The van der Waals surface area contributed by atoms with E-state index >= 15 is 0 Å². The van der Waals surface area contributed by atoms with Crippen molar-refractivity contribution in [2.45, 2.75) is 20.5 Å². The van der Waals surface area contributed by atoms with E-state index in [-0.39, 0.29) is 23.7 Å². The monoisotopic (exact) mass is 595 g/mol. The van der Waals surface area contributed by atoms with E-state index < -0.39 is 22.0 Å². The lowest BCUT2D eigenvalue weighted by atomic mass is 10.1. The molecule has 1 N–H and O–H groups in total. The van der Waals surface area contributed by atoms with E-state index in [9.17, 15) is 24.5 Å². The van der Waals surface area contributed by atoms with Crippen LogP contribution in [0, 0.1) is 24.0 Å². The molecule has 38 heavy (non-hydrogen) atoms. The van der Waals surface area contributed by atoms with Gasteiger partial charge in [0.2, 0.25) is 5.91 Å². The normalized spacial score (nSPS) is 14.2. The quantitative estimate of drug-likeness (QED) is 0.186. The Balaban J connectivity index is 1.38. The lowest BCUT2D eigenvalue weighted by Crippen LogP contribution is -2.36. The maximum absolute atomic E-state index is 12.8. The minimum atomic E-state index is -0.537. The van der Waals surface area contributed by atoms with Gasteiger partial charge >= 0.3 is 0 Å². The Morgan fingerprint density at radius 2 is 1.82 bits per heavy atom. The van der Waals surface area contributed by atoms with Crippen LogP contribution in [0.1, 0.15) is 22.3 Å². The van der Waals surface area contributed by atoms with Crippen LogP contribution in [-0.4, -0.2) is 33.4 Å². The lowest BCUT2D eigenvalue weighted by molar-refractivity contribution is -0.384. The molecular weight excluding hydrogens is 574 g/mol. The molecule has 11 heteroatoms. The molecule has 1 saturated heterocycles. The Kier molecular flexibility index (Phi) is 8.28. The van der Waals surface area contributed by atoms with Gasteiger partial charge in [0.05, 0.1) is 14.3 Å². The Labute approximate surface area is 231 Å². The second-order valence-corrected chi connectivity index (χ2v) is 10.4. The summed E-state index contributed by atoms with van der Waals surface area (Å²) in [5, 5.41) is 13.0. The number of hydrogen-bond acceptors (Lipinski definition) is 7. The zero-order chi connectivity index (χ0) is 27.4. The molecule has 0 aliphatic carbocycles. The molecule has 194 valence electrons. The van der Waals surface area contributed by atoms with Crippen LogP contribution in [0.3, 0.4) is 0 Å². The summed E-state index contributed by atoms with van der Waals surface area (Å²) in [6, 6.07) is 16.7. The maximum atomic E-state index is 12.8. The topological polar surface area (TPSA) is 119 Å². The Hall–Kier alpha value is -3.96. The zero-order valence-electron chi connectivity index (χ0n) is 20.4. The summed E-state index contributed by atoms with van der Waals surface area (Å²) < 4.78 is 6.42. The van der Waals surface area contributed by atoms with Crippen molar-refractivity contribution in [1.82, 2.24) is 4.90 Å². The number of halogens is 1. The molecule has 0 spiro atoms. The number of anilines is 1. The number of hydrogen-bond donors (Lipinski definition) is 1. The van der Waals surface area contributed by atoms with Crippen molar-refractivity contribution in [2.75, 3.05) is 11.9 Å². The van der Waals surface area contributed by atoms with E-state index in [4.69, 9.17) is 4.74 Å². The Morgan fingerprint density at radius 3 is 2.47 bits per heavy atom. The molecule has 0 bridgehead atoms. The van der Waals surface area contributed by atoms with Gasteiger partial charge in [-0.05, 0) is 106 Å². The third kappa shape index (κ3) is 6.48. The van der Waals surface area contributed by atoms with Crippen molar-refractivity contribution >= 4 is 62.2 Å². The number of thioether (sulfide) groups is 1. The van der Waals surface area contributed by atoms with Crippen LogP contribution in [0.5, 0.6) is 5.75 Å². The first-order chi connectivity index (χ1) is 18.1. The van der Waals surface area contributed by atoms with Gasteiger partial charge in [-0.2, -0.15) is 0 Å². The smallest absolute Gasteiger partial charge is 0.294 e. The van der Waals surface area contributed by atoms with Gasteiger partial charge in [0.1, 0.15) is 18.9 Å². The van der Waals surface area contributed by atoms with Crippen LogP contribution in [0.15, 0.2) is 70.0 Å².